The van der Waals surface area contributed by atoms with Gasteiger partial charge in [0.15, 0.2) is 0 Å². The molecule has 0 aromatic rings. The molecule has 2 rings (SSSR count). The molecule has 2 fully saturated rings. The van der Waals surface area contributed by atoms with E-state index in [1.54, 1.807) is 0 Å². The smallest absolute Gasteiger partial charge is 0.307 e. The average Bonchev–Trinajstić information content (AvgIpc) is 2.47. The summed E-state index contributed by atoms with van der Waals surface area (Å²) in [5.41, 5.74) is 0. The molecule has 6 heteroatoms. The van der Waals surface area contributed by atoms with Gasteiger partial charge in [0.25, 0.3) is 0 Å². The molecule has 1 saturated heterocycles. The molecule has 0 spiro atoms. The lowest BCUT2D eigenvalue weighted by Gasteiger charge is -2.35. The van der Waals surface area contributed by atoms with Gasteiger partial charge in [-0.2, -0.15) is 0 Å². The summed E-state index contributed by atoms with van der Waals surface area (Å²) in [4.78, 5) is 25.4. The van der Waals surface area contributed by atoms with E-state index in [0.29, 0.717) is 12.6 Å². The van der Waals surface area contributed by atoms with Crippen LogP contribution in [-0.2, 0) is 9.59 Å². The van der Waals surface area contributed by atoms with E-state index in [1.807, 2.05) is 11.8 Å². The first-order chi connectivity index (χ1) is 9.58. The highest BCUT2D eigenvalue weighted by molar-refractivity contribution is 5.85. The minimum Gasteiger partial charge on any atom is -0.481 e. The molecule has 122 valence electrons. The van der Waals surface area contributed by atoms with Crippen molar-refractivity contribution >= 4 is 24.3 Å². The Morgan fingerprint density at radius 2 is 1.81 bits per heavy atom. The second kappa shape index (κ2) is 8.59. The van der Waals surface area contributed by atoms with Gasteiger partial charge in [0, 0.05) is 12.6 Å². The van der Waals surface area contributed by atoms with Gasteiger partial charge in [0.2, 0.25) is 5.91 Å². The summed E-state index contributed by atoms with van der Waals surface area (Å²) in [6, 6.07) is 0.0952. The van der Waals surface area contributed by atoms with Crippen molar-refractivity contribution < 1.29 is 14.7 Å². The molecule has 0 aromatic heterocycles. The number of carboxylic acids is 1. The number of carboxylic acid groups (broad SMARTS) is 1. The van der Waals surface area contributed by atoms with E-state index in [2.05, 4.69) is 5.32 Å². The number of amides is 1. The van der Waals surface area contributed by atoms with Crippen LogP contribution in [-0.4, -0.2) is 47.1 Å². The maximum absolute atomic E-state index is 12.3. The van der Waals surface area contributed by atoms with Gasteiger partial charge in [-0.3, -0.25) is 14.5 Å². The van der Waals surface area contributed by atoms with Crippen molar-refractivity contribution in [1.82, 2.24) is 10.2 Å². The third-order valence-corrected chi connectivity index (χ3v) is 4.68. The molecule has 21 heavy (non-hydrogen) atoms. The van der Waals surface area contributed by atoms with E-state index >= 15 is 0 Å². The maximum atomic E-state index is 12.3. The number of carbonyl (C=O) groups is 2. The first-order valence-corrected chi connectivity index (χ1v) is 7.85. The summed E-state index contributed by atoms with van der Waals surface area (Å²) in [7, 11) is 0. The van der Waals surface area contributed by atoms with E-state index in [1.165, 1.54) is 19.3 Å². The third-order valence-electron chi connectivity index (χ3n) is 4.68. The van der Waals surface area contributed by atoms with Gasteiger partial charge in [-0.25, -0.2) is 0 Å². The fraction of sp³-hybridized carbons (Fsp3) is 0.867. The van der Waals surface area contributed by atoms with Crippen LogP contribution < -0.4 is 5.32 Å². The van der Waals surface area contributed by atoms with Gasteiger partial charge in [-0.1, -0.05) is 19.3 Å². The third kappa shape index (κ3) is 5.15. The Balaban J connectivity index is 0.00000220. The van der Waals surface area contributed by atoms with Crippen LogP contribution in [0.25, 0.3) is 0 Å². The summed E-state index contributed by atoms with van der Waals surface area (Å²) in [5, 5.41) is 12.2. The first-order valence-electron chi connectivity index (χ1n) is 7.85. The van der Waals surface area contributed by atoms with Crippen LogP contribution in [0, 0.1) is 5.92 Å². The Bertz CT molecular complexity index is 359. The number of hydrogen-bond acceptors (Lipinski definition) is 3. The molecule has 0 bridgehead atoms. The van der Waals surface area contributed by atoms with Gasteiger partial charge in [0.05, 0.1) is 12.0 Å². The van der Waals surface area contributed by atoms with Gasteiger partial charge in [0.1, 0.15) is 0 Å². The molecule has 2 unspecified atom stereocenters. The van der Waals surface area contributed by atoms with Crippen LogP contribution in [0.5, 0.6) is 0 Å². The monoisotopic (exact) mass is 318 g/mol. The quantitative estimate of drug-likeness (QED) is 0.832. The molecule has 1 aliphatic heterocycles. The van der Waals surface area contributed by atoms with Gasteiger partial charge in [-0.15, -0.1) is 12.4 Å². The Labute approximate surface area is 132 Å². The molecule has 0 radical (unpaired) electrons. The predicted molar refractivity (Wildman–Crippen MR) is 83.7 cm³/mol. The Morgan fingerprint density at radius 1 is 1.14 bits per heavy atom. The van der Waals surface area contributed by atoms with Gasteiger partial charge < -0.3 is 10.4 Å². The number of likely N-dealkylation sites (tertiary alicyclic amines) is 1. The fourth-order valence-corrected chi connectivity index (χ4v) is 3.29. The summed E-state index contributed by atoms with van der Waals surface area (Å²) in [6.45, 7) is 3.21. The lowest BCUT2D eigenvalue weighted by atomic mass is 9.94. The number of nitrogens with zero attached hydrogens (tertiary/aromatic N) is 1. The Kier molecular flexibility index (Phi) is 7.46. The predicted octanol–water partition coefficient (Wildman–Crippen LogP) is 2.04. The zero-order chi connectivity index (χ0) is 14.5. The second-order valence-corrected chi connectivity index (χ2v) is 6.19. The lowest BCUT2D eigenvalue weighted by Crippen LogP contribution is -2.52. The highest BCUT2D eigenvalue weighted by Crippen LogP contribution is 2.20. The van der Waals surface area contributed by atoms with E-state index in [4.69, 9.17) is 5.11 Å². The summed E-state index contributed by atoms with van der Waals surface area (Å²) >= 11 is 0. The topological polar surface area (TPSA) is 69.6 Å². The average molecular weight is 319 g/mol. The summed E-state index contributed by atoms with van der Waals surface area (Å²) in [6.07, 6.45) is 7.41. The van der Waals surface area contributed by atoms with Crippen molar-refractivity contribution in [2.24, 2.45) is 5.92 Å². The van der Waals surface area contributed by atoms with Crippen molar-refractivity contribution in [2.45, 2.75) is 64.0 Å². The molecule has 1 saturated carbocycles. The minimum absolute atomic E-state index is 0. The van der Waals surface area contributed by atoms with Crippen LogP contribution in [0.15, 0.2) is 0 Å². The number of halogens is 1. The van der Waals surface area contributed by atoms with Crippen molar-refractivity contribution in [2.75, 3.05) is 13.1 Å². The molecule has 2 atom stereocenters. The molecular formula is C15H27ClN2O3. The van der Waals surface area contributed by atoms with Crippen molar-refractivity contribution in [3.63, 3.8) is 0 Å². The van der Waals surface area contributed by atoms with Crippen LogP contribution >= 0.6 is 12.4 Å². The number of hydrogen-bond donors (Lipinski definition) is 2. The summed E-state index contributed by atoms with van der Waals surface area (Å²) < 4.78 is 0. The molecule has 0 aromatic carbocycles. The van der Waals surface area contributed by atoms with E-state index in [9.17, 15) is 9.59 Å². The molecule has 2 N–H and O–H groups in total. The lowest BCUT2D eigenvalue weighted by molar-refractivity contribution is -0.145. The number of nitrogens with one attached hydrogen (secondary N) is 1. The van der Waals surface area contributed by atoms with Crippen LogP contribution in [0.1, 0.15) is 51.9 Å². The highest BCUT2D eigenvalue weighted by Gasteiger charge is 2.31. The SMILES string of the molecule is CC(C(=O)NC1CCCCC1)N1CCCC(C(=O)O)C1.Cl. The van der Waals surface area contributed by atoms with Crippen LogP contribution in [0.4, 0.5) is 0 Å². The Morgan fingerprint density at radius 3 is 2.43 bits per heavy atom. The van der Waals surface area contributed by atoms with Gasteiger partial charge >= 0.3 is 5.97 Å². The first kappa shape index (κ1) is 18.2. The maximum Gasteiger partial charge on any atom is 0.307 e. The number of piperidine rings is 1. The standard InChI is InChI=1S/C15H26N2O3.ClH/c1-11(14(18)16-13-7-3-2-4-8-13)17-9-5-6-12(10-17)15(19)20;/h11-13H,2-10H2,1H3,(H,16,18)(H,19,20);1H. The molecular weight excluding hydrogens is 292 g/mol. The zero-order valence-corrected chi connectivity index (χ0v) is 13.5. The normalized spacial score (nSPS) is 25.7. The minimum atomic E-state index is -0.741. The van der Waals surface area contributed by atoms with E-state index in [0.717, 1.165) is 32.2 Å². The molecule has 1 heterocycles. The largest absolute Gasteiger partial charge is 0.481 e. The molecule has 2 aliphatic rings. The molecule has 1 amide bonds. The van der Waals surface area contributed by atoms with Crippen molar-refractivity contribution in [3.05, 3.63) is 0 Å². The van der Waals surface area contributed by atoms with Crippen molar-refractivity contribution in [1.29, 1.82) is 0 Å². The zero-order valence-electron chi connectivity index (χ0n) is 12.7. The Hall–Kier alpha value is -0.810. The van der Waals surface area contributed by atoms with Crippen LogP contribution in [0.3, 0.4) is 0 Å². The molecule has 5 nitrogen and oxygen atoms in total. The van der Waals surface area contributed by atoms with Crippen LogP contribution in [0.2, 0.25) is 0 Å². The highest BCUT2D eigenvalue weighted by atomic mass is 35.5. The number of carbonyl (C=O) groups excluding carboxylic acids is 1. The number of aliphatic carboxylic acids is 1. The second-order valence-electron chi connectivity index (χ2n) is 6.19. The van der Waals surface area contributed by atoms with Gasteiger partial charge in [-0.05, 0) is 39.2 Å². The fourth-order valence-electron chi connectivity index (χ4n) is 3.29. The summed E-state index contributed by atoms with van der Waals surface area (Å²) in [5.74, 6) is -1.01. The van der Waals surface area contributed by atoms with E-state index < -0.39 is 5.97 Å². The molecule has 1 aliphatic carbocycles. The van der Waals surface area contributed by atoms with E-state index in [-0.39, 0.29) is 30.3 Å². The van der Waals surface area contributed by atoms with Crippen molar-refractivity contribution in [3.8, 4) is 0 Å². The number of rotatable bonds is 4.